The van der Waals surface area contributed by atoms with Crippen LogP contribution in [0.25, 0.3) is 10.1 Å². The lowest BCUT2D eigenvalue weighted by Gasteiger charge is -2.44. The van der Waals surface area contributed by atoms with E-state index in [4.69, 9.17) is 0 Å². The third kappa shape index (κ3) is 3.72. The van der Waals surface area contributed by atoms with E-state index in [0.29, 0.717) is 12.7 Å². The lowest BCUT2D eigenvalue weighted by molar-refractivity contribution is -0.132. The van der Waals surface area contributed by atoms with Crippen LogP contribution in [0.5, 0.6) is 0 Å². The Kier molecular flexibility index (Phi) is 5.43. The first-order valence-electron chi connectivity index (χ1n) is 9.64. The highest BCUT2D eigenvalue weighted by Crippen LogP contribution is 2.29. The molecule has 2 aromatic rings. The topological polar surface area (TPSA) is 38.8 Å². The summed E-state index contributed by atoms with van der Waals surface area (Å²) in [5.41, 5.74) is 1.07. The van der Waals surface area contributed by atoms with Crippen molar-refractivity contribution >= 4 is 33.0 Å². The minimum atomic E-state index is 0.205. The molecule has 2 fully saturated rings. The molecule has 0 spiro atoms. The molecular weight excluding hydrogens is 344 g/mol. The van der Waals surface area contributed by atoms with Gasteiger partial charge in [-0.2, -0.15) is 0 Å². The first-order chi connectivity index (χ1) is 12.7. The first kappa shape index (κ1) is 17.8. The number of rotatable bonds is 4. The van der Waals surface area contributed by atoms with Crippen LogP contribution in [0.2, 0.25) is 0 Å². The van der Waals surface area contributed by atoms with Gasteiger partial charge in [0.25, 0.3) is 0 Å². The monoisotopic (exact) mass is 372 g/mol. The van der Waals surface area contributed by atoms with Crippen LogP contribution in [0, 0.1) is 0 Å². The second kappa shape index (κ2) is 7.94. The molecule has 2 aliphatic heterocycles. The summed E-state index contributed by atoms with van der Waals surface area (Å²) in [6.45, 7) is 5.24. The van der Waals surface area contributed by atoms with E-state index in [-0.39, 0.29) is 5.91 Å². The zero-order valence-corrected chi connectivity index (χ0v) is 16.3. The normalized spacial score (nSPS) is 22.7. The summed E-state index contributed by atoms with van der Waals surface area (Å²) < 4.78 is 1.26. The van der Waals surface area contributed by atoms with Crippen molar-refractivity contribution in [1.29, 1.82) is 0 Å². The molecule has 2 aliphatic rings. The molecule has 6 heteroatoms. The fourth-order valence-electron chi connectivity index (χ4n) is 4.19. The van der Waals surface area contributed by atoms with Gasteiger partial charge in [-0.1, -0.05) is 18.2 Å². The summed E-state index contributed by atoms with van der Waals surface area (Å²) in [5, 5.41) is 6.65. The number of piperidine rings is 1. The number of anilines is 1. The molecule has 1 amide bonds. The molecular formula is C20H28N4OS. The van der Waals surface area contributed by atoms with Crippen LogP contribution >= 0.6 is 11.3 Å². The average Bonchev–Trinajstić information content (AvgIpc) is 3.10. The summed E-state index contributed by atoms with van der Waals surface area (Å²) in [4.78, 5) is 19.7. The summed E-state index contributed by atoms with van der Waals surface area (Å²) in [5.74, 6) is 0.205. The van der Waals surface area contributed by atoms with Gasteiger partial charge in [0.15, 0.2) is 0 Å². The number of nitrogens with zero attached hydrogens (tertiary/aromatic N) is 3. The molecule has 140 valence electrons. The van der Waals surface area contributed by atoms with Gasteiger partial charge in [-0.05, 0) is 38.9 Å². The van der Waals surface area contributed by atoms with E-state index >= 15 is 0 Å². The Bertz CT molecular complexity index is 753. The summed E-state index contributed by atoms with van der Waals surface area (Å²) in [6, 6.07) is 8.33. The number of carbonyl (C=O) groups is 1. The summed E-state index contributed by atoms with van der Waals surface area (Å²) >= 11 is 1.72. The molecule has 0 radical (unpaired) electrons. The molecule has 0 aliphatic carbocycles. The molecule has 1 aromatic heterocycles. The van der Waals surface area contributed by atoms with Crippen molar-refractivity contribution in [2.75, 3.05) is 51.6 Å². The van der Waals surface area contributed by atoms with Crippen LogP contribution in [-0.4, -0.2) is 73.1 Å². The third-order valence-electron chi connectivity index (χ3n) is 5.73. The number of nitrogens with one attached hydrogen (secondary N) is 1. The minimum Gasteiger partial charge on any atom is -0.375 e. The predicted octanol–water partition coefficient (Wildman–Crippen LogP) is 2.90. The molecule has 0 saturated carbocycles. The Morgan fingerprint density at radius 2 is 1.96 bits per heavy atom. The van der Waals surface area contributed by atoms with Gasteiger partial charge >= 0.3 is 0 Å². The van der Waals surface area contributed by atoms with E-state index in [1.165, 1.54) is 35.9 Å². The van der Waals surface area contributed by atoms with Crippen molar-refractivity contribution in [3.8, 4) is 0 Å². The minimum absolute atomic E-state index is 0.205. The smallest absolute Gasteiger partial charge is 0.241 e. The number of hydrogen-bond acceptors (Lipinski definition) is 5. The number of amides is 1. The zero-order valence-electron chi connectivity index (χ0n) is 15.5. The fraction of sp³-hybridized carbons (Fsp3) is 0.550. The summed E-state index contributed by atoms with van der Waals surface area (Å²) in [6.07, 6.45) is 4.47. The zero-order chi connectivity index (χ0) is 17.9. The number of likely N-dealkylation sites (tertiary alicyclic amines) is 1. The molecule has 4 rings (SSSR count). The van der Waals surface area contributed by atoms with Gasteiger partial charge < -0.3 is 10.2 Å². The molecule has 0 bridgehead atoms. The highest BCUT2D eigenvalue weighted by molar-refractivity contribution is 7.17. The highest BCUT2D eigenvalue weighted by Gasteiger charge is 2.29. The molecule has 1 atom stereocenters. The molecule has 1 N–H and O–H groups in total. The lowest BCUT2D eigenvalue weighted by Crippen LogP contribution is -2.57. The van der Waals surface area contributed by atoms with E-state index in [1.807, 2.05) is 11.0 Å². The lowest BCUT2D eigenvalue weighted by atomic mass is 10.1. The maximum atomic E-state index is 12.6. The molecule has 1 unspecified atom stereocenters. The van der Waals surface area contributed by atoms with Crippen LogP contribution in [0.15, 0.2) is 29.6 Å². The average molecular weight is 373 g/mol. The van der Waals surface area contributed by atoms with Gasteiger partial charge in [-0.25, -0.2) is 0 Å². The van der Waals surface area contributed by atoms with Crippen LogP contribution in [0.4, 0.5) is 5.69 Å². The Morgan fingerprint density at radius 1 is 1.15 bits per heavy atom. The van der Waals surface area contributed by atoms with Gasteiger partial charge in [-0.3, -0.25) is 14.6 Å². The van der Waals surface area contributed by atoms with Gasteiger partial charge in [0.1, 0.15) is 0 Å². The number of piperazine rings is 1. The van der Waals surface area contributed by atoms with Crippen molar-refractivity contribution < 1.29 is 4.79 Å². The third-order valence-corrected chi connectivity index (χ3v) is 6.69. The fourth-order valence-corrected chi connectivity index (χ4v) is 5.10. The molecule has 2 saturated heterocycles. The van der Waals surface area contributed by atoms with Crippen molar-refractivity contribution in [3.63, 3.8) is 0 Å². The standard InChI is InChI=1S/C20H28N4OS/c1-22-9-5-4-8-19(22)23-10-12-24(13-11-23)20(25)14-21-17-15-26-18-7-3-2-6-16(17)18/h2-3,6-7,15,19,21H,4-5,8-14H2,1H3. The number of carbonyl (C=O) groups excluding carboxylic acids is 1. The Hall–Kier alpha value is -1.63. The van der Waals surface area contributed by atoms with E-state index in [9.17, 15) is 4.79 Å². The van der Waals surface area contributed by atoms with Crippen molar-refractivity contribution in [2.24, 2.45) is 0 Å². The quantitative estimate of drug-likeness (QED) is 0.896. The number of benzene rings is 1. The van der Waals surface area contributed by atoms with Crippen molar-refractivity contribution in [3.05, 3.63) is 29.6 Å². The Labute approximate surface area is 159 Å². The largest absolute Gasteiger partial charge is 0.375 e. The maximum absolute atomic E-state index is 12.6. The van der Waals surface area contributed by atoms with Gasteiger partial charge in [-0.15, -0.1) is 11.3 Å². The second-order valence-electron chi connectivity index (χ2n) is 7.37. The molecule has 26 heavy (non-hydrogen) atoms. The van der Waals surface area contributed by atoms with Crippen LogP contribution in [0.1, 0.15) is 19.3 Å². The van der Waals surface area contributed by atoms with E-state index in [1.54, 1.807) is 11.3 Å². The predicted molar refractivity (Wildman–Crippen MR) is 109 cm³/mol. The molecule has 1 aromatic carbocycles. The number of fused-ring (bicyclic) bond motifs is 1. The van der Waals surface area contributed by atoms with Crippen LogP contribution in [-0.2, 0) is 4.79 Å². The Balaban J connectivity index is 1.28. The molecule has 5 nitrogen and oxygen atoms in total. The van der Waals surface area contributed by atoms with E-state index in [2.05, 4.69) is 45.7 Å². The SMILES string of the molecule is CN1CCCCC1N1CCN(C(=O)CNc2csc3ccccc23)CC1. The van der Waals surface area contributed by atoms with Crippen molar-refractivity contribution in [1.82, 2.24) is 14.7 Å². The number of hydrogen-bond donors (Lipinski definition) is 1. The second-order valence-corrected chi connectivity index (χ2v) is 8.28. The first-order valence-corrected chi connectivity index (χ1v) is 10.5. The van der Waals surface area contributed by atoms with Gasteiger partial charge in [0.05, 0.1) is 18.4 Å². The van der Waals surface area contributed by atoms with Crippen molar-refractivity contribution in [2.45, 2.75) is 25.4 Å². The highest BCUT2D eigenvalue weighted by atomic mass is 32.1. The summed E-state index contributed by atoms with van der Waals surface area (Å²) in [7, 11) is 2.23. The van der Waals surface area contributed by atoms with Crippen LogP contribution < -0.4 is 5.32 Å². The van der Waals surface area contributed by atoms with E-state index < -0.39 is 0 Å². The Morgan fingerprint density at radius 3 is 2.77 bits per heavy atom. The van der Waals surface area contributed by atoms with E-state index in [0.717, 1.165) is 31.9 Å². The van der Waals surface area contributed by atoms with Gasteiger partial charge in [0, 0.05) is 41.6 Å². The molecule has 3 heterocycles. The number of thiophene rings is 1. The van der Waals surface area contributed by atoms with Crippen LogP contribution in [0.3, 0.4) is 0 Å². The van der Waals surface area contributed by atoms with Gasteiger partial charge in [0.2, 0.25) is 5.91 Å². The maximum Gasteiger partial charge on any atom is 0.241 e.